The molecule has 1 aliphatic rings. The first-order chi connectivity index (χ1) is 12.1. The topological polar surface area (TPSA) is 73.2 Å². The summed E-state index contributed by atoms with van der Waals surface area (Å²) in [5.74, 6) is 1.12. The lowest BCUT2D eigenvalue weighted by Crippen LogP contribution is -2.48. The van der Waals surface area contributed by atoms with Gasteiger partial charge in [-0.1, -0.05) is 19.8 Å². The number of aryl methyl sites for hydroxylation is 1. The van der Waals surface area contributed by atoms with Crippen LogP contribution in [0.15, 0.2) is 12.3 Å². The second kappa shape index (κ2) is 9.85. The van der Waals surface area contributed by atoms with E-state index < -0.39 is 6.04 Å². The van der Waals surface area contributed by atoms with Gasteiger partial charge in [-0.15, -0.1) is 0 Å². The largest absolute Gasteiger partial charge is 0.464 e. The molecule has 2 rings (SSSR count). The number of rotatable bonds is 8. The molecule has 0 aromatic carbocycles. The number of aromatic nitrogens is 2. The highest BCUT2D eigenvalue weighted by molar-refractivity contribution is 7.98. The van der Waals surface area contributed by atoms with Gasteiger partial charge in [0, 0.05) is 11.9 Å². The van der Waals surface area contributed by atoms with Crippen LogP contribution in [-0.4, -0.2) is 46.3 Å². The Morgan fingerprint density at radius 1 is 1.40 bits per heavy atom. The molecule has 0 bridgehead atoms. The van der Waals surface area contributed by atoms with E-state index in [9.17, 15) is 9.59 Å². The normalized spacial score (nSPS) is 21.6. The van der Waals surface area contributed by atoms with Gasteiger partial charge in [0.05, 0.1) is 13.2 Å². The molecule has 1 aromatic rings. The molecule has 7 heteroatoms. The highest BCUT2D eigenvalue weighted by Crippen LogP contribution is 2.31. The van der Waals surface area contributed by atoms with Crippen molar-refractivity contribution >= 4 is 23.6 Å². The molecule has 0 spiro atoms. The number of hydrogen-bond acceptors (Lipinski definition) is 5. The summed E-state index contributed by atoms with van der Waals surface area (Å²) in [4.78, 5) is 25.2. The van der Waals surface area contributed by atoms with E-state index in [-0.39, 0.29) is 17.8 Å². The molecule has 1 aliphatic carbocycles. The molecule has 1 fully saturated rings. The minimum absolute atomic E-state index is 0.141. The Labute approximate surface area is 154 Å². The van der Waals surface area contributed by atoms with Crippen molar-refractivity contribution in [1.29, 1.82) is 0 Å². The van der Waals surface area contributed by atoms with Crippen LogP contribution in [0.2, 0.25) is 0 Å². The average molecular weight is 368 g/mol. The van der Waals surface area contributed by atoms with E-state index in [1.807, 2.05) is 6.26 Å². The standard InChI is InChI=1S/C18H29N3O3S/c1-4-24-18(23)16(14-7-5-13(2)6-8-14)20-17(22)15-9-10-19-21(15)11-12-25-3/h9-10,13-14,16H,4-8,11-12H2,1-3H3,(H,20,22)/t13?,14?,16-/m0/s1. The maximum atomic E-state index is 12.7. The third-order valence-corrected chi connectivity index (χ3v) is 5.41. The molecule has 1 heterocycles. The lowest BCUT2D eigenvalue weighted by Gasteiger charge is -2.31. The number of nitrogens with one attached hydrogen (secondary N) is 1. The Kier molecular flexibility index (Phi) is 7.81. The van der Waals surface area contributed by atoms with Crippen LogP contribution < -0.4 is 5.32 Å². The maximum Gasteiger partial charge on any atom is 0.328 e. The predicted molar refractivity (Wildman–Crippen MR) is 99.6 cm³/mol. The van der Waals surface area contributed by atoms with Crippen LogP contribution >= 0.6 is 11.8 Å². The van der Waals surface area contributed by atoms with Crippen molar-refractivity contribution in [2.75, 3.05) is 18.6 Å². The number of thioether (sulfide) groups is 1. The van der Waals surface area contributed by atoms with E-state index in [1.54, 1.807) is 35.6 Å². The first kappa shape index (κ1) is 19.8. The maximum absolute atomic E-state index is 12.7. The number of amides is 1. The van der Waals surface area contributed by atoms with Gasteiger partial charge < -0.3 is 10.1 Å². The Morgan fingerprint density at radius 3 is 2.76 bits per heavy atom. The van der Waals surface area contributed by atoms with Gasteiger partial charge in [0.25, 0.3) is 5.91 Å². The quantitative estimate of drug-likeness (QED) is 0.715. The van der Waals surface area contributed by atoms with Crippen molar-refractivity contribution in [2.45, 2.75) is 52.1 Å². The van der Waals surface area contributed by atoms with Crippen LogP contribution in [0.1, 0.15) is 50.0 Å². The SMILES string of the molecule is CCOC(=O)[C@@H](NC(=O)c1ccnn1CCSC)C1CCC(C)CC1. The van der Waals surface area contributed by atoms with Crippen molar-refractivity contribution in [3.63, 3.8) is 0 Å². The van der Waals surface area contributed by atoms with E-state index >= 15 is 0 Å². The van der Waals surface area contributed by atoms with Crippen LogP contribution in [0.3, 0.4) is 0 Å². The number of carbonyl (C=O) groups excluding carboxylic acids is 2. The Hall–Kier alpha value is -1.50. The summed E-state index contributed by atoms with van der Waals surface area (Å²) in [6.07, 6.45) is 7.69. The van der Waals surface area contributed by atoms with Gasteiger partial charge in [-0.05, 0) is 43.9 Å². The summed E-state index contributed by atoms with van der Waals surface area (Å²) in [7, 11) is 0. The second-order valence-corrected chi connectivity index (χ2v) is 7.64. The lowest BCUT2D eigenvalue weighted by molar-refractivity contribution is -0.147. The molecule has 1 atom stereocenters. The first-order valence-electron chi connectivity index (χ1n) is 9.05. The summed E-state index contributed by atoms with van der Waals surface area (Å²) in [5, 5.41) is 7.14. The number of hydrogen-bond donors (Lipinski definition) is 1. The third-order valence-electron chi connectivity index (χ3n) is 4.82. The zero-order chi connectivity index (χ0) is 18.2. The van der Waals surface area contributed by atoms with Crippen LogP contribution in [0, 0.1) is 11.8 Å². The van der Waals surface area contributed by atoms with Gasteiger partial charge >= 0.3 is 5.97 Å². The second-order valence-electron chi connectivity index (χ2n) is 6.66. The number of ether oxygens (including phenoxy) is 1. The molecule has 0 saturated heterocycles. The number of esters is 1. The third kappa shape index (κ3) is 5.49. The fourth-order valence-electron chi connectivity index (χ4n) is 3.32. The fourth-order valence-corrected chi connectivity index (χ4v) is 3.67. The molecule has 0 aliphatic heterocycles. The molecular formula is C18H29N3O3S. The van der Waals surface area contributed by atoms with Crippen LogP contribution in [0.25, 0.3) is 0 Å². The van der Waals surface area contributed by atoms with Crippen molar-refractivity contribution in [3.8, 4) is 0 Å². The van der Waals surface area contributed by atoms with Gasteiger partial charge in [0.1, 0.15) is 11.7 Å². The average Bonchev–Trinajstić information content (AvgIpc) is 3.07. The molecule has 140 valence electrons. The van der Waals surface area contributed by atoms with Gasteiger partial charge in [0.2, 0.25) is 0 Å². The molecule has 1 aromatic heterocycles. The van der Waals surface area contributed by atoms with E-state index in [0.29, 0.717) is 24.8 Å². The van der Waals surface area contributed by atoms with Crippen molar-refractivity contribution in [2.24, 2.45) is 11.8 Å². The molecule has 1 amide bonds. The van der Waals surface area contributed by atoms with Crippen molar-refractivity contribution in [1.82, 2.24) is 15.1 Å². The van der Waals surface area contributed by atoms with Crippen molar-refractivity contribution in [3.05, 3.63) is 18.0 Å². The lowest BCUT2D eigenvalue weighted by atomic mass is 9.79. The Balaban J connectivity index is 2.09. The summed E-state index contributed by atoms with van der Waals surface area (Å²) in [6.45, 7) is 5.01. The molecule has 25 heavy (non-hydrogen) atoms. The van der Waals surface area contributed by atoms with Gasteiger partial charge in [-0.3, -0.25) is 9.48 Å². The van der Waals surface area contributed by atoms with Crippen LogP contribution in [0.5, 0.6) is 0 Å². The summed E-state index contributed by atoms with van der Waals surface area (Å²) in [6, 6.07) is 1.12. The van der Waals surface area contributed by atoms with Crippen LogP contribution in [0.4, 0.5) is 0 Å². The summed E-state index contributed by atoms with van der Waals surface area (Å²) in [5.41, 5.74) is 0.493. The molecule has 0 radical (unpaired) electrons. The van der Waals surface area contributed by atoms with Gasteiger partial charge in [-0.2, -0.15) is 16.9 Å². The minimum atomic E-state index is -0.580. The molecule has 0 unspecified atom stereocenters. The summed E-state index contributed by atoms with van der Waals surface area (Å²) >= 11 is 1.70. The first-order valence-corrected chi connectivity index (χ1v) is 10.4. The fraction of sp³-hybridized carbons (Fsp3) is 0.722. The Morgan fingerprint density at radius 2 is 2.12 bits per heavy atom. The number of carbonyl (C=O) groups is 2. The summed E-state index contributed by atoms with van der Waals surface area (Å²) < 4.78 is 6.91. The molecule has 1 saturated carbocycles. The zero-order valence-corrected chi connectivity index (χ0v) is 16.2. The zero-order valence-electron chi connectivity index (χ0n) is 15.4. The minimum Gasteiger partial charge on any atom is -0.464 e. The van der Waals surface area contributed by atoms with Gasteiger partial charge in [0.15, 0.2) is 0 Å². The molecule has 6 nitrogen and oxygen atoms in total. The van der Waals surface area contributed by atoms with Gasteiger partial charge in [-0.25, -0.2) is 4.79 Å². The van der Waals surface area contributed by atoms with E-state index in [1.165, 1.54) is 0 Å². The smallest absolute Gasteiger partial charge is 0.328 e. The Bertz CT molecular complexity index is 568. The highest BCUT2D eigenvalue weighted by atomic mass is 32.2. The van der Waals surface area contributed by atoms with E-state index in [4.69, 9.17) is 4.74 Å². The highest BCUT2D eigenvalue weighted by Gasteiger charge is 2.34. The van der Waals surface area contributed by atoms with Crippen molar-refractivity contribution < 1.29 is 14.3 Å². The predicted octanol–water partition coefficient (Wildman–Crippen LogP) is 2.73. The van der Waals surface area contributed by atoms with E-state index in [0.717, 1.165) is 31.4 Å². The van der Waals surface area contributed by atoms with E-state index in [2.05, 4.69) is 17.3 Å². The molecule has 1 N–H and O–H groups in total. The number of nitrogens with zero attached hydrogens (tertiary/aromatic N) is 2. The molecular weight excluding hydrogens is 338 g/mol. The van der Waals surface area contributed by atoms with Crippen LogP contribution in [-0.2, 0) is 16.1 Å². The monoisotopic (exact) mass is 367 g/mol.